The first-order valence-electron chi connectivity index (χ1n) is 10.4. The lowest BCUT2D eigenvalue weighted by Gasteiger charge is -2.15. The predicted molar refractivity (Wildman–Crippen MR) is 127 cm³/mol. The molecule has 0 aliphatic rings. The summed E-state index contributed by atoms with van der Waals surface area (Å²) in [5, 5.41) is 22.0. The van der Waals surface area contributed by atoms with Crippen molar-refractivity contribution < 1.29 is 28.9 Å². The monoisotopic (exact) mass is 481 g/mol. The lowest BCUT2D eigenvalue weighted by atomic mass is 10.2. The topological polar surface area (TPSA) is 114 Å². The largest absolute Gasteiger partial charge is 0.493 e. The average molecular weight is 482 g/mol. The molecule has 1 atom stereocenters. The van der Waals surface area contributed by atoms with Gasteiger partial charge in [0.2, 0.25) is 0 Å². The van der Waals surface area contributed by atoms with Gasteiger partial charge in [0, 0.05) is 17.1 Å². The molecule has 2 aromatic carbocycles. The molecule has 0 aliphatic carbocycles. The molecule has 0 spiro atoms. The highest BCUT2D eigenvalue weighted by atomic mass is 35.5. The van der Waals surface area contributed by atoms with Crippen molar-refractivity contribution in [3.8, 4) is 11.5 Å². The minimum absolute atomic E-state index is 0.0357. The van der Waals surface area contributed by atoms with Gasteiger partial charge in [0.05, 0.1) is 30.2 Å². The number of rotatable bonds is 8. The van der Waals surface area contributed by atoms with Gasteiger partial charge < -0.3 is 25.0 Å². The molecule has 8 nitrogen and oxygen atoms in total. The summed E-state index contributed by atoms with van der Waals surface area (Å²) in [4.78, 5) is 19.1. The van der Waals surface area contributed by atoms with Crippen molar-refractivity contribution in [2.75, 3.05) is 19.0 Å². The quantitative estimate of drug-likeness (QED) is 0.389. The number of ether oxygens (including phenoxy) is 2. The number of aliphatic hydroxyl groups excluding tert-OH is 1. The Labute approximate surface area is 197 Å². The van der Waals surface area contributed by atoms with Gasteiger partial charge in [-0.3, -0.25) is 4.79 Å². The van der Waals surface area contributed by atoms with Gasteiger partial charge in [0.1, 0.15) is 24.6 Å². The molecular formula is C23H29ClFN3O5. The molecule has 1 heterocycles. The van der Waals surface area contributed by atoms with Crippen LogP contribution in [-0.2, 0) is 4.79 Å². The lowest BCUT2D eigenvalue weighted by molar-refractivity contribution is -0.139. The van der Waals surface area contributed by atoms with Crippen molar-refractivity contribution in [2.24, 2.45) is 0 Å². The smallest absolute Gasteiger partial charge is 0.306 e. The molecule has 1 unspecified atom stereocenters. The van der Waals surface area contributed by atoms with Crippen molar-refractivity contribution in [1.29, 1.82) is 0 Å². The number of nitrogens with one attached hydrogen (secondary N) is 1. The number of methoxy groups -OCH3 is 1. The maximum absolute atomic E-state index is 13.4. The third-order valence-electron chi connectivity index (χ3n) is 3.94. The van der Waals surface area contributed by atoms with Gasteiger partial charge >= 0.3 is 5.97 Å². The Morgan fingerprint density at radius 2 is 1.85 bits per heavy atom. The van der Waals surface area contributed by atoms with Crippen LogP contribution < -0.4 is 14.8 Å². The Morgan fingerprint density at radius 3 is 2.45 bits per heavy atom. The molecule has 0 aliphatic heterocycles. The third kappa shape index (κ3) is 8.03. The molecule has 0 fully saturated rings. The van der Waals surface area contributed by atoms with E-state index >= 15 is 0 Å². The van der Waals surface area contributed by atoms with E-state index in [2.05, 4.69) is 15.3 Å². The summed E-state index contributed by atoms with van der Waals surface area (Å²) in [6.45, 7) is 7.76. The Morgan fingerprint density at radius 1 is 1.15 bits per heavy atom. The second-order valence-electron chi connectivity index (χ2n) is 6.06. The number of aromatic nitrogens is 2. The standard InChI is InChI=1S/C19H17ClFN3O5.2C2H6/c1-28-16-7-15-12(6-17(16)29-8-11(25)5-18(26)27)19(23-9-22-15)24-10-2-3-14(21)13(20)4-10;2*1-2/h2-4,6-7,9,11,25H,5,8H2,1H3,(H,26,27)(H,22,23,24);2*1-2H3. The SMILES string of the molecule is CC.CC.COc1cc2ncnc(Nc3ccc(F)c(Cl)c3)c2cc1OCC(O)CC(=O)O. The van der Waals surface area contributed by atoms with E-state index < -0.39 is 24.3 Å². The zero-order valence-corrected chi connectivity index (χ0v) is 20.0. The predicted octanol–water partition coefficient (Wildman–Crippen LogP) is 5.44. The number of carbonyl (C=O) groups is 1. The van der Waals surface area contributed by atoms with Crippen molar-refractivity contribution in [3.63, 3.8) is 0 Å². The fourth-order valence-corrected chi connectivity index (χ4v) is 2.77. The number of carboxylic acids is 1. The van der Waals surface area contributed by atoms with E-state index in [0.29, 0.717) is 28.2 Å². The van der Waals surface area contributed by atoms with Crippen LogP contribution in [0.15, 0.2) is 36.7 Å². The van der Waals surface area contributed by atoms with Crippen LogP contribution in [0.25, 0.3) is 10.9 Å². The number of hydrogen-bond donors (Lipinski definition) is 3. The molecule has 0 bridgehead atoms. The van der Waals surface area contributed by atoms with Crippen LogP contribution in [-0.4, -0.2) is 46.0 Å². The zero-order chi connectivity index (χ0) is 25.0. The van der Waals surface area contributed by atoms with Crippen LogP contribution >= 0.6 is 11.6 Å². The first-order valence-corrected chi connectivity index (χ1v) is 10.8. The normalized spacial score (nSPS) is 10.8. The van der Waals surface area contributed by atoms with Gasteiger partial charge in [-0.2, -0.15) is 0 Å². The molecule has 180 valence electrons. The van der Waals surface area contributed by atoms with Crippen LogP contribution in [0.1, 0.15) is 34.1 Å². The summed E-state index contributed by atoms with van der Waals surface area (Å²) in [6.07, 6.45) is -0.275. The van der Waals surface area contributed by atoms with Crippen LogP contribution in [0.5, 0.6) is 11.5 Å². The number of carboxylic acid groups (broad SMARTS) is 1. The van der Waals surface area contributed by atoms with E-state index in [1.165, 1.54) is 31.6 Å². The molecule has 0 radical (unpaired) electrons. The van der Waals surface area contributed by atoms with E-state index in [9.17, 15) is 14.3 Å². The Hall–Kier alpha value is -3.17. The maximum Gasteiger partial charge on any atom is 0.306 e. The number of aliphatic carboxylic acids is 1. The Bertz CT molecular complexity index is 1050. The fraction of sp³-hybridized carbons (Fsp3) is 0.348. The number of nitrogens with zero attached hydrogens (tertiary/aromatic N) is 2. The molecule has 0 amide bonds. The van der Waals surface area contributed by atoms with Crippen molar-refractivity contribution in [1.82, 2.24) is 9.97 Å². The highest BCUT2D eigenvalue weighted by Gasteiger charge is 2.15. The summed E-state index contributed by atoms with van der Waals surface area (Å²) in [7, 11) is 1.45. The summed E-state index contributed by atoms with van der Waals surface area (Å²) >= 11 is 5.82. The van der Waals surface area contributed by atoms with Crippen molar-refractivity contribution in [2.45, 2.75) is 40.2 Å². The van der Waals surface area contributed by atoms with Gasteiger partial charge in [-0.15, -0.1) is 0 Å². The second-order valence-corrected chi connectivity index (χ2v) is 6.47. The summed E-state index contributed by atoms with van der Waals surface area (Å²) in [5.74, 6) is -0.625. The molecule has 3 N–H and O–H groups in total. The summed E-state index contributed by atoms with van der Waals surface area (Å²) < 4.78 is 24.2. The summed E-state index contributed by atoms with van der Waals surface area (Å²) in [5.41, 5.74) is 1.07. The van der Waals surface area contributed by atoms with Gasteiger partial charge in [-0.25, -0.2) is 14.4 Å². The van der Waals surface area contributed by atoms with Gasteiger partial charge in [-0.1, -0.05) is 39.3 Å². The number of halogens is 2. The first kappa shape index (κ1) is 27.9. The van der Waals surface area contributed by atoms with Crippen LogP contribution in [0, 0.1) is 5.82 Å². The van der Waals surface area contributed by atoms with Gasteiger partial charge in [0.15, 0.2) is 11.5 Å². The number of benzene rings is 2. The molecule has 1 aromatic heterocycles. The fourth-order valence-electron chi connectivity index (χ4n) is 2.59. The molecule has 10 heteroatoms. The van der Waals surface area contributed by atoms with Gasteiger partial charge in [-0.05, 0) is 24.3 Å². The molecule has 3 aromatic rings. The third-order valence-corrected chi connectivity index (χ3v) is 4.23. The lowest BCUT2D eigenvalue weighted by Crippen LogP contribution is -2.21. The molecule has 0 saturated carbocycles. The Balaban J connectivity index is 0.00000129. The molecular weight excluding hydrogens is 453 g/mol. The highest BCUT2D eigenvalue weighted by Crippen LogP contribution is 2.35. The van der Waals surface area contributed by atoms with Gasteiger partial charge in [0.25, 0.3) is 0 Å². The van der Waals surface area contributed by atoms with Crippen LogP contribution in [0.2, 0.25) is 5.02 Å². The van der Waals surface area contributed by atoms with E-state index in [0.717, 1.165) is 0 Å². The number of anilines is 2. The van der Waals surface area contributed by atoms with Crippen LogP contribution in [0.3, 0.4) is 0 Å². The highest BCUT2D eigenvalue weighted by molar-refractivity contribution is 6.31. The van der Waals surface area contributed by atoms with Crippen LogP contribution in [0.4, 0.5) is 15.9 Å². The summed E-state index contributed by atoms with van der Waals surface area (Å²) in [6, 6.07) is 7.40. The van der Waals surface area contributed by atoms with E-state index in [4.69, 9.17) is 26.2 Å². The van der Waals surface area contributed by atoms with E-state index in [1.807, 2.05) is 27.7 Å². The molecule has 33 heavy (non-hydrogen) atoms. The van der Waals surface area contributed by atoms with E-state index in [-0.39, 0.29) is 17.4 Å². The number of aliphatic hydroxyl groups is 1. The Kier molecular flexibility index (Phi) is 11.9. The first-order chi connectivity index (χ1) is 15.9. The van der Waals surface area contributed by atoms with Crippen molar-refractivity contribution in [3.05, 3.63) is 47.5 Å². The number of hydrogen-bond acceptors (Lipinski definition) is 7. The van der Waals surface area contributed by atoms with Crippen molar-refractivity contribution >= 4 is 40.0 Å². The second kappa shape index (κ2) is 14.1. The van der Waals surface area contributed by atoms with E-state index in [1.54, 1.807) is 12.1 Å². The molecule has 3 rings (SSSR count). The molecule has 0 saturated heterocycles. The zero-order valence-electron chi connectivity index (χ0n) is 19.2. The number of fused-ring (bicyclic) bond motifs is 1. The maximum atomic E-state index is 13.4. The minimum atomic E-state index is -1.18. The average Bonchev–Trinajstić information content (AvgIpc) is 2.82. The minimum Gasteiger partial charge on any atom is -0.493 e.